The van der Waals surface area contributed by atoms with Crippen LogP contribution < -0.4 is 10.6 Å². The third-order valence-corrected chi connectivity index (χ3v) is 9.44. The number of anilines is 1. The van der Waals surface area contributed by atoms with E-state index in [4.69, 9.17) is 0 Å². The molecule has 9 heteroatoms. The molecule has 0 unspecified atom stereocenters. The summed E-state index contributed by atoms with van der Waals surface area (Å²) in [5.74, 6) is -0.118. The number of thiophene rings is 1. The number of nitrogens with zero attached hydrogens (tertiary/aromatic N) is 1. The normalized spacial score (nSPS) is 17.2. The Bertz CT molecular complexity index is 1110. The van der Waals surface area contributed by atoms with E-state index in [9.17, 15) is 18.0 Å². The Kier molecular flexibility index (Phi) is 7.31. The molecular weight excluding hydrogens is 458 g/mol. The minimum Gasteiger partial charge on any atom is -0.352 e. The number of carbonyl (C=O) groups is 2. The van der Waals surface area contributed by atoms with E-state index < -0.39 is 10.0 Å². The number of rotatable bonds is 7. The lowest BCUT2D eigenvalue weighted by Gasteiger charge is -2.31. The van der Waals surface area contributed by atoms with E-state index >= 15 is 0 Å². The molecule has 176 valence electrons. The van der Waals surface area contributed by atoms with Gasteiger partial charge in [0.2, 0.25) is 15.9 Å². The largest absolute Gasteiger partial charge is 0.352 e. The first-order valence-corrected chi connectivity index (χ1v) is 13.6. The lowest BCUT2D eigenvalue weighted by molar-refractivity contribution is -0.116. The van der Waals surface area contributed by atoms with Crippen molar-refractivity contribution in [1.82, 2.24) is 9.62 Å². The van der Waals surface area contributed by atoms with E-state index in [1.54, 1.807) is 35.6 Å². The van der Waals surface area contributed by atoms with Crippen LogP contribution in [0.15, 0.2) is 47.9 Å². The molecule has 2 aliphatic rings. The number of amides is 2. The summed E-state index contributed by atoms with van der Waals surface area (Å²) >= 11 is 1.55. The summed E-state index contributed by atoms with van der Waals surface area (Å²) in [6, 6.07) is 8.34. The predicted molar refractivity (Wildman–Crippen MR) is 130 cm³/mol. The maximum atomic E-state index is 13.0. The highest BCUT2D eigenvalue weighted by molar-refractivity contribution is 7.89. The molecule has 1 aromatic heterocycles. The van der Waals surface area contributed by atoms with E-state index in [1.165, 1.54) is 33.7 Å². The fraction of sp³-hybridized carbons (Fsp3) is 0.417. The molecule has 2 aromatic rings. The molecule has 0 bridgehead atoms. The average molecular weight is 488 g/mol. The van der Waals surface area contributed by atoms with Gasteiger partial charge in [0.1, 0.15) is 0 Å². The lowest BCUT2D eigenvalue weighted by atomic mass is 9.98. The summed E-state index contributed by atoms with van der Waals surface area (Å²) in [5, 5.41) is 5.66. The van der Waals surface area contributed by atoms with Crippen LogP contribution in [0.25, 0.3) is 0 Å². The van der Waals surface area contributed by atoms with E-state index in [2.05, 4.69) is 17.2 Å². The summed E-state index contributed by atoms with van der Waals surface area (Å²) < 4.78 is 27.6. The third kappa shape index (κ3) is 5.54. The minimum absolute atomic E-state index is 0.157. The molecule has 0 spiro atoms. The van der Waals surface area contributed by atoms with Crippen LogP contribution in [0.4, 0.5) is 5.69 Å². The summed E-state index contributed by atoms with van der Waals surface area (Å²) in [4.78, 5) is 26.2. The van der Waals surface area contributed by atoms with Gasteiger partial charge in [0.25, 0.3) is 5.91 Å². The first kappa shape index (κ1) is 23.7. The number of nitrogens with one attached hydrogen (secondary N) is 2. The molecule has 4 rings (SSSR count). The van der Waals surface area contributed by atoms with Gasteiger partial charge in [0.05, 0.1) is 9.77 Å². The van der Waals surface area contributed by atoms with Crippen molar-refractivity contribution >= 4 is 38.9 Å². The van der Waals surface area contributed by atoms with Gasteiger partial charge in [-0.25, -0.2) is 8.42 Å². The SMILES string of the molecule is C=CC(=O)NCC1CCN(S(=O)(=O)c2ccc(NC(=O)c3cc4c(s3)CCCC4)cc2)CC1. The second kappa shape index (κ2) is 10.2. The predicted octanol–water partition coefficient (Wildman–Crippen LogP) is 3.58. The summed E-state index contributed by atoms with van der Waals surface area (Å²) in [5.41, 5.74) is 1.85. The van der Waals surface area contributed by atoms with Crippen LogP contribution in [-0.2, 0) is 27.7 Å². The molecule has 2 N–H and O–H groups in total. The van der Waals surface area contributed by atoms with Crippen molar-refractivity contribution in [3.8, 4) is 0 Å². The van der Waals surface area contributed by atoms with Crippen LogP contribution >= 0.6 is 11.3 Å². The van der Waals surface area contributed by atoms with Gasteiger partial charge in [-0.2, -0.15) is 4.31 Å². The molecular formula is C24H29N3O4S2. The molecule has 0 radical (unpaired) electrons. The smallest absolute Gasteiger partial charge is 0.265 e. The topological polar surface area (TPSA) is 95.6 Å². The molecule has 1 fully saturated rings. The van der Waals surface area contributed by atoms with Gasteiger partial charge in [-0.3, -0.25) is 9.59 Å². The fourth-order valence-electron chi connectivity index (χ4n) is 4.33. The summed E-state index contributed by atoms with van der Waals surface area (Å²) in [6.45, 7) is 4.79. The number of carbonyl (C=O) groups excluding carboxylic acids is 2. The van der Waals surface area contributed by atoms with Crippen LogP contribution in [0.5, 0.6) is 0 Å². The zero-order chi connectivity index (χ0) is 23.4. The monoisotopic (exact) mass is 487 g/mol. The third-order valence-electron chi connectivity index (χ3n) is 6.29. The van der Waals surface area contributed by atoms with Gasteiger partial charge in [-0.05, 0) is 86.4 Å². The fourth-order valence-corrected chi connectivity index (χ4v) is 6.94. The molecule has 1 aliphatic heterocycles. The van der Waals surface area contributed by atoms with Crippen LogP contribution in [0.3, 0.4) is 0 Å². The summed E-state index contributed by atoms with van der Waals surface area (Å²) in [7, 11) is -3.60. The molecule has 1 saturated heterocycles. The van der Waals surface area contributed by atoms with Crippen LogP contribution in [0.2, 0.25) is 0 Å². The van der Waals surface area contributed by atoms with Crippen molar-refractivity contribution in [2.24, 2.45) is 5.92 Å². The molecule has 2 heterocycles. The lowest BCUT2D eigenvalue weighted by Crippen LogP contribution is -2.41. The summed E-state index contributed by atoms with van der Waals surface area (Å²) in [6.07, 6.45) is 7.04. The quantitative estimate of drug-likeness (QED) is 0.584. The minimum atomic E-state index is -3.60. The number of sulfonamides is 1. The van der Waals surface area contributed by atoms with Gasteiger partial charge < -0.3 is 10.6 Å². The van der Waals surface area contributed by atoms with Crippen molar-refractivity contribution in [3.05, 3.63) is 58.3 Å². The molecule has 1 aliphatic carbocycles. The molecule has 7 nitrogen and oxygen atoms in total. The van der Waals surface area contributed by atoms with Crippen molar-refractivity contribution in [2.45, 2.75) is 43.4 Å². The van der Waals surface area contributed by atoms with Gasteiger partial charge in [0.15, 0.2) is 0 Å². The van der Waals surface area contributed by atoms with Crippen LogP contribution in [0.1, 0.15) is 45.8 Å². The van der Waals surface area contributed by atoms with Crippen LogP contribution in [-0.4, -0.2) is 44.2 Å². The van der Waals surface area contributed by atoms with Gasteiger partial charge in [-0.15, -0.1) is 11.3 Å². The van der Waals surface area contributed by atoms with E-state index in [0.717, 1.165) is 12.8 Å². The highest BCUT2D eigenvalue weighted by atomic mass is 32.2. The highest BCUT2D eigenvalue weighted by Crippen LogP contribution is 2.30. The second-order valence-electron chi connectivity index (χ2n) is 8.54. The molecule has 0 saturated carbocycles. The zero-order valence-corrected chi connectivity index (χ0v) is 20.1. The number of benzene rings is 1. The Labute approximate surface area is 198 Å². The van der Waals surface area contributed by atoms with Crippen molar-refractivity contribution in [3.63, 3.8) is 0 Å². The average Bonchev–Trinajstić information content (AvgIpc) is 3.28. The first-order chi connectivity index (χ1) is 15.9. The molecule has 33 heavy (non-hydrogen) atoms. The van der Waals surface area contributed by atoms with E-state index in [1.807, 2.05) is 6.07 Å². The highest BCUT2D eigenvalue weighted by Gasteiger charge is 2.29. The maximum absolute atomic E-state index is 13.0. The Morgan fingerprint density at radius 2 is 1.82 bits per heavy atom. The molecule has 0 atom stereocenters. The van der Waals surface area contributed by atoms with Crippen molar-refractivity contribution in [1.29, 1.82) is 0 Å². The number of fused-ring (bicyclic) bond motifs is 1. The number of aryl methyl sites for hydroxylation is 2. The first-order valence-electron chi connectivity index (χ1n) is 11.3. The van der Waals surface area contributed by atoms with E-state index in [-0.39, 0.29) is 22.6 Å². The Morgan fingerprint density at radius 1 is 1.12 bits per heavy atom. The van der Waals surface area contributed by atoms with Crippen LogP contribution in [0, 0.1) is 5.92 Å². The maximum Gasteiger partial charge on any atom is 0.265 e. The molecule has 2 amide bonds. The van der Waals surface area contributed by atoms with Gasteiger partial charge >= 0.3 is 0 Å². The standard InChI is InChI=1S/C24H29N3O4S2/c1-2-23(28)25-16-17-11-13-27(14-12-17)33(30,31)20-9-7-19(8-10-20)26-24(29)22-15-18-5-3-4-6-21(18)32-22/h2,7-10,15,17H,1,3-6,11-14,16H2,(H,25,28)(H,26,29). The van der Waals surface area contributed by atoms with Gasteiger partial charge in [0, 0.05) is 30.2 Å². The van der Waals surface area contributed by atoms with E-state index in [0.29, 0.717) is 43.0 Å². The van der Waals surface area contributed by atoms with Crippen molar-refractivity contribution < 1.29 is 18.0 Å². The van der Waals surface area contributed by atoms with Gasteiger partial charge in [-0.1, -0.05) is 6.58 Å². The Balaban J connectivity index is 1.34. The number of hydrogen-bond donors (Lipinski definition) is 2. The Hall–Kier alpha value is -2.49. The zero-order valence-electron chi connectivity index (χ0n) is 18.5. The molecule has 1 aromatic carbocycles. The second-order valence-corrected chi connectivity index (χ2v) is 11.6. The van der Waals surface area contributed by atoms with Crippen molar-refractivity contribution in [2.75, 3.05) is 25.0 Å². The number of piperidine rings is 1. The number of hydrogen-bond acceptors (Lipinski definition) is 5. The Morgan fingerprint density at radius 3 is 2.48 bits per heavy atom.